The predicted octanol–water partition coefficient (Wildman–Crippen LogP) is 4.43. The second-order valence-corrected chi connectivity index (χ2v) is 8.80. The Hall–Kier alpha value is -3.40. The number of nitrogens with zero attached hydrogens (tertiary/aromatic N) is 5. The van der Waals surface area contributed by atoms with Crippen LogP contribution in [-0.4, -0.2) is 38.8 Å². The van der Waals surface area contributed by atoms with Crippen molar-refractivity contribution in [3.8, 4) is 11.4 Å². The number of anilines is 1. The molecule has 1 fully saturated rings. The average molecular weight is 470 g/mol. The number of halogens is 3. The van der Waals surface area contributed by atoms with E-state index >= 15 is 0 Å². The number of rotatable bonds is 5. The average Bonchev–Trinajstić information content (AvgIpc) is 3.45. The normalized spacial score (nSPS) is 16.3. The van der Waals surface area contributed by atoms with Crippen LogP contribution in [0.3, 0.4) is 0 Å². The number of hydrogen-bond acceptors (Lipinski definition) is 6. The number of aryl methyl sites for hydroxylation is 1. The molecule has 10 heteroatoms. The summed E-state index contributed by atoms with van der Waals surface area (Å²) in [7, 11) is 2.06. The largest absolute Gasteiger partial charge is 0.471 e. The minimum Gasteiger partial charge on any atom is -0.357 e. The van der Waals surface area contributed by atoms with Gasteiger partial charge in [-0.3, -0.25) is 0 Å². The maximum Gasteiger partial charge on any atom is 0.471 e. The van der Waals surface area contributed by atoms with Gasteiger partial charge in [-0.2, -0.15) is 18.2 Å². The summed E-state index contributed by atoms with van der Waals surface area (Å²) in [6.45, 7) is 1.64. The van der Waals surface area contributed by atoms with Crippen molar-refractivity contribution in [2.75, 3.05) is 18.0 Å². The van der Waals surface area contributed by atoms with Crippen LogP contribution in [0.2, 0.25) is 0 Å². The van der Waals surface area contributed by atoms with Crippen molar-refractivity contribution in [1.29, 1.82) is 0 Å². The second kappa shape index (κ2) is 8.75. The van der Waals surface area contributed by atoms with Crippen molar-refractivity contribution >= 4 is 16.7 Å². The first-order valence-corrected chi connectivity index (χ1v) is 11.2. The molecule has 1 saturated heterocycles. The standard InChI is InChI=1S/C24H25F3N6O/c1-32-14-17(18-4-2-3-5-20(18)32)12-19(28)15-8-10-33(11-9-15)21-7-6-16(13-29-21)22-30-23(34-31-22)24(25,26)27/h2-7,13-15,19H,8-12,28H2,1H3. The number of benzene rings is 1. The van der Waals surface area contributed by atoms with Gasteiger partial charge in [0.1, 0.15) is 5.82 Å². The van der Waals surface area contributed by atoms with Crippen molar-refractivity contribution in [3.05, 3.63) is 60.2 Å². The zero-order chi connectivity index (χ0) is 23.9. The lowest BCUT2D eigenvalue weighted by Crippen LogP contribution is -2.42. The van der Waals surface area contributed by atoms with Gasteiger partial charge >= 0.3 is 12.1 Å². The molecule has 1 aromatic carbocycles. The Morgan fingerprint density at radius 3 is 2.59 bits per heavy atom. The fraction of sp³-hybridized carbons (Fsp3) is 0.375. The van der Waals surface area contributed by atoms with E-state index in [1.807, 2.05) is 6.07 Å². The van der Waals surface area contributed by atoms with Crippen LogP contribution < -0.4 is 10.6 Å². The van der Waals surface area contributed by atoms with Crippen molar-refractivity contribution < 1.29 is 17.7 Å². The Balaban J connectivity index is 1.20. The molecule has 0 amide bonds. The van der Waals surface area contributed by atoms with Crippen LogP contribution in [0.4, 0.5) is 19.0 Å². The van der Waals surface area contributed by atoms with E-state index in [0.717, 1.165) is 38.2 Å². The van der Waals surface area contributed by atoms with Crippen molar-refractivity contribution in [3.63, 3.8) is 0 Å². The van der Waals surface area contributed by atoms with Crippen LogP contribution in [0.25, 0.3) is 22.3 Å². The van der Waals surface area contributed by atoms with Gasteiger partial charge in [-0.1, -0.05) is 23.4 Å². The molecular weight excluding hydrogens is 445 g/mol. The predicted molar refractivity (Wildman–Crippen MR) is 122 cm³/mol. The number of hydrogen-bond donors (Lipinski definition) is 1. The number of para-hydroxylation sites is 1. The second-order valence-electron chi connectivity index (χ2n) is 8.80. The van der Waals surface area contributed by atoms with Crippen LogP contribution in [-0.2, 0) is 19.6 Å². The highest BCUT2D eigenvalue weighted by molar-refractivity contribution is 5.83. The lowest BCUT2D eigenvalue weighted by atomic mass is 9.86. The number of fused-ring (bicyclic) bond motifs is 1. The number of piperidine rings is 1. The molecule has 3 aromatic heterocycles. The topological polar surface area (TPSA) is 86.0 Å². The van der Waals surface area contributed by atoms with Gasteiger partial charge in [0, 0.05) is 55.0 Å². The fourth-order valence-corrected chi connectivity index (χ4v) is 4.73. The highest BCUT2D eigenvalue weighted by Gasteiger charge is 2.38. The molecule has 178 valence electrons. The molecule has 34 heavy (non-hydrogen) atoms. The van der Waals surface area contributed by atoms with Crippen LogP contribution in [0.5, 0.6) is 0 Å². The Labute approximate surface area is 194 Å². The van der Waals surface area contributed by atoms with E-state index in [0.29, 0.717) is 11.5 Å². The Morgan fingerprint density at radius 2 is 1.91 bits per heavy atom. The molecular formula is C24H25F3N6O. The van der Waals surface area contributed by atoms with Gasteiger partial charge in [0.25, 0.3) is 0 Å². The lowest BCUT2D eigenvalue weighted by Gasteiger charge is -2.35. The molecule has 0 saturated carbocycles. The van der Waals surface area contributed by atoms with Gasteiger partial charge < -0.3 is 19.7 Å². The molecule has 1 atom stereocenters. The summed E-state index contributed by atoms with van der Waals surface area (Å²) in [5, 5.41) is 4.66. The number of nitrogens with two attached hydrogens (primary N) is 1. The number of aromatic nitrogens is 4. The quantitative estimate of drug-likeness (QED) is 0.465. The molecule has 1 unspecified atom stereocenters. The molecule has 4 heterocycles. The Kier molecular flexibility index (Phi) is 5.76. The maximum absolute atomic E-state index is 12.7. The number of alkyl halides is 3. The third-order valence-corrected chi connectivity index (χ3v) is 6.58. The fourth-order valence-electron chi connectivity index (χ4n) is 4.73. The SMILES string of the molecule is Cn1cc(CC(N)C2CCN(c3ccc(-c4noc(C(F)(F)F)n4)cn3)CC2)c2ccccc21. The van der Waals surface area contributed by atoms with E-state index < -0.39 is 12.1 Å². The zero-order valence-electron chi connectivity index (χ0n) is 18.7. The van der Waals surface area contributed by atoms with Gasteiger partial charge in [0.05, 0.1) is 0 Å². The van der Waals surface area contributed by atoms with Crippen molar-refractivity contribution in [2.45, 2.75) is 31.5 Å². The summed E-state index contributed by atoms with van der Waals surface area (Å²) in [6.07, 6.45) is 1.72. The molecule has 0 spiro atoms. The van der Waals surface area contributed by atoms with Gasteiger partial charge in [0.15, 0.2) is 0 Å². The molecule has 1 aliphatic rings. The van der Waals surface area contributed by atoms with Gasteiger partial charge in [-0.15, -0.1) is 0 Å². The smallest absolute Gasteiger partial charge is 0.357 e. The van der Waals surface area contributed by atoms with Gasteiger partial charge in [-0.25, -0.2) is 4.98 Å². The summed E-state index contributed by atoms with van der Waals surface area (Å²) in [5.74, 6) is -0.322. The van der Waals surface area contributed by atoms with Gasteiger partial charge in [0.2, 0.25) is 5.82 Å². The van der Waals surface area contributed by atoms with Crippen LogP contribution in [0, 0.1) is 5.92 Å². The van der Waals surface area contributed by atoms with Crippen LogP contribution in [0.1, 0.15) is 24.3 Å². The van der Waals surface area contributed by atoms with E-state index in [1.165, 1.54) is 22.7 Å². The van der Waals surface area contributed by atoms with E-state index in [2.05, 4.69) is 60.6 Å². The van der Waals surface area contributed by atoms with E-state index in [4.69, 9.17) is 5.73 Å². The summed E-state index contributed by atoms with van der Waals surface area (Å²) in [5.41, 5.74) is 9.50. The van der Waals surface area contributed by atoms with Crippen molar-refractivity contribution in [1.82, 2.24) is 19.7 Å². The van der Waals surface area contributed by atoms with E-state index in [-0.39, 0.29) is 11.9 Å². The zero-order valence-corrected chi connectivity index (χ0v) is 18.7. The summed E-state index contributed by atoms with van der Waals surface area (Å²) >= 11 is 0. The molecule has 0 bridgehead atoms. The first-order valence-electron chi connectivity index (χ1n) is 11.2. The third kappa shape index (κ3) is 4.37. The summed E-state index contributed by atoms with van der Waals surface area (Å²) < 4.78 is 44.5. The van der Waals surface area contributed by atoms with Gasteiger partial charge in [-0.05, 0) is 48.9 Å². The molecule has 5 rings (SSSR count). The minimum atomic E-state index is -4.67. The molecule has 0 radical (unpaired) electrons. The first kappa shape index (κ1) is 22.4. The monoisotopic (exact) mass is 470 g/mol. The van der Waals surface area contributed by atoms with E-state index in [9.17, 15) is 13.2 Å². The molecule has 2 N–H and O–H groups in total. The Bertz CT molecular complexity index is 1270. The summed E-state index contributed by atoms with van der Waals surface area (Å²) in [4.78, 5) is 9.99. The van der Waals surface area contributed by atoms with E-state index in [1.54, 1.807) is 12.1 Å². The first-order chi connectivity index (χ1) is 16.3. The van der Waals surface area contributed by atoms with Crippen molar-refractivity contribution in [2.24, 2.45) is 18.7 Å². The molecule has 1 aliphatic heterocycles. The molecule has 4 aromatic rings. The summed E-state index contributed by atoms with van der Waals surface area (Å²) in [6, 6.07) is 11.9. The molecule has 0 aliphatic carbocycles. The highest BCUT2D eigenvalue weighted by Crippen LogP contribution is 2.31. The highest BCUT2D eigenvalue weighted by atomic mass is 19.4. The Morgan fingerprint density at radius 1 is 1.15 bits per heavy atom. The number of pyridine rings is 1. The lowest BCUT2D eigenvalue weighted by molar-refractivity contribution is -0.159. The third-order valence-electron chi connectivity index (χ3n) is 6.58. The minimum absolute atomic E-state index is 0.0735. The molecule has 7 nitrogen and oxygen atoms in total. The van der Waals surface area contributed by atoms with Crippen LogP contribution in [0.15, 0.2) is 53.3 Å². The maximum atomic E-state index is 12.7. The van der Waals surface area contributed by atoms with Crippen LogP contribution >= 0.6 is 0 Å².